The predicted octanol–water partition coefficient (Wildman–Crippen LogP) is 2.45. The number of sulfonamides is 1. The summed E-state index contributed by atoms with van der Waals surface area (Å²) in [7, 11) is -3.50. The van der Waals surface area contributed by atoms with Gasteiger partial charge in [0.25, 0.3) is 0 Å². The number of carbonyl (C=O) groups excluding carboxylic acids is 1. The van der Waals surface area contributed by atoms with E-state index in [0.717, 1.165) is 24.9 Å². The lowest BCUT2D eigenvalue weighted by Gasteiger charge is -2.25. The van der Waals surface area contributed by atoms with Gasteiger partial charge in [0.05, 0.1) is 11.4 Å². The van der Waals surface area contributed by atoms with Gasteiger partial charge in [-0.05, 0) is 56.8 Å². The summed E-state index contributed by atoms with van der Waals surface area (Å²) >= 11 is 0. The van der Waals surface area contributed by atoms with Gasteiger partial charge in [0, 0.05) is 32.7 Å². The summed E-state index contributed by atoms with van der Waals surface area (Å²) in [6.45, 7) is 12.3. The zero-order valence-corrected chi connectivity index (χ0v) is 18.5. The summed E-state index contributed by atoms with van der Waals surface area (Å²) in [5.74, 6) is 0.653. The zero-order valence-electron chi connectivity index (χ0n) is 17.7. The van der Waals surface area contributed by atoms with Crippen LogP contribution in [0.4, 0.5) is 0 Å². The molecule has 1 fully saturated rings. The van der Waals surface area contributed by atoms with Crippen molar-refractivity contribution < 1.29 is 13.2 Å². The van der Waals surface area contributed by atoms with Crippen LogP contribution in [0.1, 0.15) is 39.7 Å². The maximum atomic E-state index is 13.0. The van der Waals surface area contributed by atoms with E-state index in [1.165, 1.54) is 0 Å². The molecule has 0 bridgehead atoms. The molecule has 6 nitrogen and oxygen atoms in total. The van der Waals surface area contributed by atoms with E-state index < -0.39 is 10.0 Å². The van der Waals surface area contributed by atoms with Crippen LogP contribution in [0.2, 0.25) is 0 Å². The quantitative estimate of drug-likeness (QED) is 0.662. The fourth-order valence-corrected chi connectivity index (χ4v) is 5.10. The van der Waals surface area contributed by atoms with Crippen LogP contribution in [0.25, 0.3) is 0 Å². The standard InChI is InChI=1S/C21H35N3O3S/c1-5-23(6-2)21(25)17-22-12-7-13-24(15-14-22)28(26,27)20-10-8-19(9-11-20)16-18(3)4/h8-11,18H,5-7,12-17H2,1-4H3. The maximum absolute atomic E-state index is 13.0. The molecule has 158 valence electrons. The highest BCUT2D eigenvalue weighted by Crippen LogP contribution is 2.19. The molecule has 2 rings (SSSR count). The second kappa shape index (κ2) is 10.4. The van der Waals surface area contributed by atoms with E-state index in [1.807, 2.05) is 30.9 Å². The van der Waals surface area contributed by atoms with Crippen molar-refractivity contribution in [2.24, 2.45) is 5.92 Å². The molecule has 0 unspecified atom stereocenters. The number of amides is 1. The summed E-state index contributed by atoms with van der Waals surface area (Å²) in [6.07, 6.45) is 1.68. The fraction of sp³-hybridized carbons (Fsp3) is 0.667. The monoisotopic (exact) mass is 409 g/mol. The van der Waals surface area contributed by atoms with Crippen molar-refractivity contribution in [3.8, 4) is 0 Å². The third-order valence-corrected chi connectivity index (χ3v) is 7.14. The first kappa shape index (κ1) is 22.8. The first-order valence-electron chi connectivity index (χ1n) is 10.4. The van der Waals surface area contributed by atoms with Crippen LogP contribution in [0, 0.1) is 5.92 Å². The predicted molar refractivity (Wildman–Crippen MR) is 113 cm³/mol. The van der Waals surface area contributed by atoms with Gasteiger partial charge in [-0.2, -0.15) is 4.31 Å². The molecule has 1 amide bonds. The van der Waals surface area contributed by atoms with Gasteiger partial charge in [0.2, 0.25) is 15.9 Å². The lowest BCUT2D eigenvalue weighted by molar-refractivity contribution is -0.132. The molecule has 0 spiro atoms. The summed E-state index contributed by atoms with van der Waals surface area (Å²) in [5, 5.41) is 0. The number of rotatable bonds is 8. The highest BCUT2D eigenvalue weighted by Gasteiger charge is 2.27. The number of benzene rings is 1. The Morgan fingerprint density at radius 3 is 2.25 bits per heavy atom. The molecule has 1 heterocycles. The Kier molecular flexibility index (Phi) is 8.46. The number of likely N-dealkylation sites (N-methyl/N-ethyl adjacent to an activating group) is 1. The Balaban J connectivity index is 2.01. The van der Waals surface area contributed by atoms with Gasteiger partial charge in [-0.25, -0.2) is 8.42 Å². The van der Waals surface area contributed by atoms with Crippen molar-refractivity contribution in [1.82, 2.24) is 14.1 Å². The third-order valence-electron chi connectivity index (χ3n) is 5.23. The lowest BCUT2D eigenvalue weighted by atomic mass is 10.0. The van der Waals surface area contributed by atoms with E-state index in [1.54, 1.807) is 16.4 Å². The zero-order chi connectivity index (χ0) is 20.7. The first-order valence-corrected chi connectivity index (χ1v) is 11.8. The first-order chi connectivity index (χ1) is 13.3. The second-order valence-electron chi connectivity index (χ2n) is 7.84. The molecule has 0 radical (unpaired) electrons. The van der Waals surface area contributed by atoms with E-state index in [0.29, 0.717) is 50.1 Å². The number of nitrogens with zero attached hydrogens (tertiary/aromatic N) is 3. The van der Waals surface area contributed by atoms with Crippen molar-refractivity contribution in [3.05, 3.63) is 29.8 Å². The molecule has 0 aliphatic carbocycles. The van der Waals surface area contributed by atoms with Crippen molar-refractivity contribution in [3.63, 3.8) is 0 Å². The normalized spacial score (nSPS) is 16.9. The summed E-state index contributed by atoms with van der Waals surface area (Å²) < 4.78 is 27.6. The van der Waals surface area contributed by atoms with E-state index in [-0.39, 0.29) is 5.91 Å². The van der Waals surface area contributed by atoms with Crippen LogP contribution in [0.15, 0.2) is 29.2 Å². The van der Waals surface area contributed by atoms with Crippen molar-refractivity contribution in [2.75, 3.05) is 45.8 Å². The van der Waals surface area contributed by atoms with E-state index in [2.05, 4.69) is 18.7 Å². The Hall–Kier alpha value is -1.44. The maximum Gasteiger partial charge on any atom is 0.243 e. The number of carbonyl (C=O) groups is 1. The summed E-state index contributed by atoms with van der Waals surface area (Å²) in [4.78, 5) is 16.6. The Bertz CT molecular complexity index is 728. The molecule has 1 saturated heterocycles. The highest BCUT2D eigenvalue weighted by atomic mass is 32.2. The van der Waals surface area contributed by atoms with Gasteiger partial charge in [0.15, 0.2) is 0 Å². The highest BCUT2D eigenvalue weighted by molar-refractivity contribution is 7.89. The van der Waals surface area contributed by atoms with Gasteiger partial charge in [-0.15, -0.1) is 0 Å². The second-order valence-corrected chi connectivity index (χ2v) is 9.78. The SMILES string of the molecule is CCN(CC)C(=O)CN1CCCN(S(=O)(=O)c2ccc(CC(C)C)cc2)CC1. The molecule has 0 aromatic heterocycles. The van der Waals surface area contributed by atoms with Crippen LogP contribution in [0.3, 0.4) is 0 Å². The van der Waals surface area contributed by atoms with Crippen molar-refractivity contribution >= 4 is 15.9 Å². The van der Waals surface area contributed by atoms with Gasteiger partial charge in [-0.1, -0.05) is 26.0 Å². The van der Waals surface area contributed by atoms with Gasteiger partial charge in [-0.3, -0.25) is 9.69 Å². The molecular weight excluding hydrogens is 374 g/mol. The van der Waals surface area contributed by atoms with Crippen LogP contribution >= 0.6 is 0 Å². The van der Waals surface area contributed by atoms with Crippen LogP contribution < -0.4 is 0 Å². The molecule has 1 aliphatic heterocycles. The smallest absolute Gasteiger partial charge is 0.243 e. The van der Waals surface area contributed by atoms with Gasteiger partial charge in [0.1, 0.15) is 0 Å². The molecule has 1 aromatic carbocycles. The molecular formula is C21H35N3O3S. The lowest BCUT2D eigenvalue weighted by Crippen LogP contribution is -2.42. The fourth-order valence-electron chi connectivity index (χ4n) is 3.63. The largest absolute Gasteiger partial charge is 0.342 e. The van der Waals surface area contributed by atoms with Gasteiger partial charge >= 0.3 is 0 Å². The molecule has 7 heteroatoms. The topological polar surface area (TPSA) is 60.9 Å². The van der Waals surface area contributed by atoms with E-state index >= 15 is 0 Å². The molecule has 1 aromatic rings. The average Bonchev–Trinajstić information content (AvgIpc) is 2.89. The van der Waals surface area contributed by atoms with Gasteiger partial charge < -0.3 is 4.90 Å². The molecule has 0 atom stereocenters. The van der Waals surface area contributed by atoms with Crippen molar-refractivity contribution in [2.45, 2.75) is 45.4 Å². The Labute approximate surface area is 170 Å². The minimum atomic E-state index is -3.50. The molecule has 0 N–H and O–H groups in total. The van der Waals surface area contributed by atoms with Crippen LogP contribution in [-0.2, 0) is 21.2 Å². The Morgan fingerprint density at radius 1 is 1.04 bits per heavy atom. The Morgan fingerprint density at radius 2 is 1.68 bits per heavy atom. The average molecular weight is 410 g/mol. The molecule has 1 aliphatic rings. The molecule has 28 heavy (non-hydrogen) atoms. The molecule has 0 saturated carbocycles. The van der Waals surface area contributed by atoms with Crippen molar-refractivity contribution in [1.29, 1.82) is 0 Å². The summed E-state index contributed by atoms with van der Waals surface area (Å²) in [5.41, 5.74) is 1.16. The summed E-state index contributed by atoms with van der Waals surface area (Å²) in [6, 6.07) is 7.28. The van der Waals surface area contributed by atoms with Crippen LogP contribution in [0.5, 0.6) is 0 Å². The van der Waals surface area contributed by atoms with E-state index in [4.69, 9.17) is 0 Å². The third kappa shape index (κ3) is 6.03. The minimum Gasteiger partial charge on any atom is -0.342 e. The number of hydrogen-bond acceptors (Lipinski definition) is 4. The van der Waals surface area contributed by atoms with E-state index in [9.17, 15) is 13.2 Å². The number of hydrogen-bond donors (Lipinski definition) is 0. The van der Waals surface area contributed by atoms with Crippen LogP contribution in [-0.4, -0.2) is 74.2 Å². The minimum absolute atomic E-state index is 0.113.